The minimum atomic E-state index is -1.07. The molecule has 1 aromatic carbocycles. The number of carbonyl (C=O) groups excluding carboxylic acids is 1. The molecule has 4 nitrogen and oxygen atoms in total. The van der Waals surface area contributed by atoms with Crippen LogP contribution in [0, 0.1) is 0 Å². The molecule has 0 aliphatic carbocycles. The zero-order chi connectivity index (χ0) is 13.7. The Morgan fingerprint density at radius 1 is 1.15 bits per heavy atom. The molecule has 0 aliphatic heterocycles. The van der Waals surface area contributed by atoms with E-state index in [2.05, 4.69) is 5.32 Å². The van der Waals surface area contributed by atoms with E-state index < -0.39 is 5.97 Å². The predicted octanol–water partition coefficient (Wildman–Crippen LogP) is 2.18. The van der Waals surface area contributed by atoms with Crippen LogP contribution in [-0.4, -0.2) is 54.7 Å². The van der Waals surface area contributed by atoms with Gasteiger partial charge in [0, 0.05) is 11.0 Å². The van der Waals surface area contributed by atoms with Crippen LogP contribution in [-0.2, 0) is 4.79 Å². The second-order valence-electron chi connectivity index (χ2n) is 3.69. The van der Waals surface area contributed by atoms with Gasteiger partial charge in [0.1, 0.15) is 0 Å². The number of carboxylic acids is 1. The Balaban J connectivity index is 0.00000200. The van der Waals surface area contributed by atoms with Gasteiger partial charge in [0.05, 0.1) is 11.3 Å². The summed E-state index contributed by atoms with van der Waals surface area (Å²) in [5.74, 6) is -1.43. The molecule has 0 aliphatic rings. The van der Waals surface area contributed by atoms with Crippen molar-refractivity contribution in [2.24, 2.45) is 0 Å². The van der Waals surface area contributed by atoms with Crippen LogP contribution in [0.25, 0.3) is 6.08 Å². The molecule has 0 saturated carbocycles. The summed E-state index contributed by atoms with van der Waals surface area (Å²) in [4.78, 5) is 23.6. The fraction of sp³-hybridized carbons (Fsp3) is 0. The van der Waals surface area contributed by atoms with E-state index in [0.717, 1.165) is 4.88 Å². The maximum absolute atomic E-state index is 11.7. The van der Waals surface area contributed by atoms with Crippen molar-refractivity contribution in [2.45, 2.75) is 0 Å². The summed E-state index contributed by atoms with van der Waals surface area (Å²) in [7, 11) is 0. The quantitative estimate of drug-likeness (QED) is 0.671. The number of carbonyl (C=O) groups is 2. The first-order chi connectivity index (χ1) is 9.16. The summed E-state index contributed by atoms with van der Waals surface area (Å²) in [6.07, 6.45) is 3.06. The molecular formula is C14H13CaNO3S. The van der Waals surface area contributed by atoms with E-state index in [1.807, 2.05) is 17.5 Å². The first kappa shape index (κ1) is 16.9. The number of benzene rings is 1. The molecule has 2 aromatic rings. The Labute approximate surface area is 150 Å². The van der Waals surface area contributed by atoms with Gasteiger partial charge in [-0.3, -0.25) is 4.79 Å². The molecule has 100 valence electrons. The summed E-state index contributed by atoms with van der Waals surface area (Å²) in [6, 6.07) is 10.1. The first-order valence-corrected chi connectivity index (χ1v) is 6.39. The third-order valence-electron chi connectivity index (χ3n) is 2.36. The van der Waals surface area contributed by atoms with E-state index in [-0.39, 0.29) is 54.9 Å². The van der Waals surface area contributed by atoms with Crippen molar-refractivity contribution in [2.75, 3.05) is 5.32 Å². The Kier molecular flexibility index (Phi) is 6.95. The minimum absolute atomic E-state index is 0. The van der Waals surface area contributed by atoms with Gasteiger partial charge in [0.2, 0.25) is 5.91 Å². The number of nitrogens with one attached hydrogen (secondary N) is 1. The summed E-state index contributed by atoms with van der Waals surface area (Å²) in [6.45, 7) is 0. The van der Waals surface area contributed by atoms with Crippen molar-refractivity contribution in [3.63, 3.8) is 0 Å². The van der Waals surface area contributed by atoms with E-state index in [9.17, 15) is 9.59 Å². The number of hydrogen-bond acceptors (Lipinski definition) is 3. The molecule has 2 rings (SSSR count). The van der Waals surface area contributed by atoms with Gasteiger partial charge in [0.25, 0.3) is 0 Å². The third kappa shape index (κ3) is 4.76. The number of para-hydroxylation sites is 1. The average Bonchev–Trinajstić information content (AvgIpc) is 2.90. The van der Waals surface area contributed by atoms with Gasteiger partial charge >= 0.3 is 43.7 Å². The summed E-state index contributed by atoms with van der Waals surface area (Å²) in [5, 5.41) is 13.5. The van der Waals surface area contributed by atoms with Gasteiger partial charge in [-0.2, -0.15) is 0 Å². The fourth-order valence-electron chi connectivity index (χ4n) is 1.50. The van der Waals surface area contributed by atoms with Gasteiger partial charge < -0.3 is 10.4 Å². The van der Waals surface area contributed by atoms with Crippen molar-refractivity contribution in [3.05, 3.63) is 58.3 Å². The summed E-state index contributed by atoms with van der Waals surface area (Å²) < 4.78 is 0. The molecule has 0 unspecified atom stereocenters. The van der Waals surface area contributed by atoms with Gasteiger partial charge in [-0.1, -0.05) is 18.2 Å². The molecule has 0 bridgehead atoms. The number of thiophene rings is 1. The van der Waals surface area contributed by atoms with E-state index in [4.69, 9.17) is 5.11 Å². The Hall–Kier alpha value is -1.14. The van der Waals surface area contributed by atoms with Crippen LogP contribution in [0.5, 0.6) is 0 Å². The van der Waals surface area contributed by atoms with Crippen LogP contribution in [0.3, 0.4) is 0 Å². The normalized spacial score (nSPS) is 10.0. The van der Waals surface area contributed by atoms with Crippen molar-refractivity contribution in [3.8, 4) is 0 Å². The summed E-state index contributed by atoms with van der Waals surface area (Å²) in [5.41, 5.74) is 0.358. The number of amides is 1. The molecule has 6 heteroatoms. The number of aromatic carboxylic acids is 1. The zero-order valence-corrected chi connectivity index (χ0v) is 10.7. The van der Waals surface area contributed by atoms with Gasteiger partial charge in [-0.25, -0.2) is 4.79 Å². The number of hydrogen-bond donors (Lipinski definition) is 2. The SMILES string of the molecule is O=C(C=Cc1cccs1)Nc1ccccc1C(=O)O.[CaH2]. The topological polar surface area (TPSA) is 66.4 Å². The molecule has 0 fully saturated rings. The van der Waals surface area contributed by atoms with Crippen LogP contribution in [0.2, 0.25) is 0 Å². The van der Waals surface area contributed by atoms with Crippen molar-refractivity contribution in [1.29, 1.82) is 0 Å². The average molecular weight is 315 g/mol. The molecule has 1 amide bonds. The molecule has 0 atom stereocenters. The summed E-state index contributed by atoms with van der Waals surface area (Å²) >= 11 is 1.52. The van der Waals surface area contributed by atoms with Crippen LogP contribution < -0.4 is 5.32 Å². The van der Waals surface area contributed by atoms with Crippen LogP contribution in [0.15, 0.2) is 47.9 Å². The van der Waals surface area contributed by atoms with Crippen molar-refractivity contribution in [1.82, 2.24) is 0 Å². The second-order valence-corrected chi connectivity index (χ2v) is 4.67. The van der Waals surface area contributed by atoms with E-state index >= 15 is 0 Å². The van der Waals surface area contributed by atoms with Gasteiger partial charge in [-0.05, 0) is 29.7 Å². The van der Waals surface area contributed by atoms with E-state index in [0.29, 0.717) is 0 Å². The van der Waals surface area contributed by atoms with Gasteiger partial charge in [-0.15, -0.1) is 11.3 Å². The Morgan fingerprint density at radius 3 is 2.55 bits per heavy atom. The third-order valence-corrected chi connectivity index (χ3v) is 3.20. The number of rotatable bonds is 4. The first-order valence-electron chi connectivity index (χ1n) is 5.52. The van der Waals surface area contributed by atoms with Gasteiger partial charge in [0.15, 0.2) is 0 Å². The van der Waals surface area contributed by atoms with Crippen molar-refractivity contribution >= 4 is 72.7 Å². The van der Waals surface area contributed by atoms with Crippen LogP contribution in [0.4, 0.5) is 5.69 Å². The molecule has 1 aromatic heterocycles. The maximum atomic E-state index is 11.7. The molecule has 20 heavy (non-hydrogen) atoms. The van der Waals surface area contributed by atoms with E-state index in [1.54, 1.807) is 24.3 Å². The second kappa shape index (κ2) is 8.21. The standard InChI is InChI=1S/C14H11NO3S.Ca.2H/c16-13(8-7-10-4-3-9-19-10)15-12-6-2-1-5-11(12)14(17)18;;;/h1-9H,(H,15,16)(H,17,18);;;. The Morgan fingerprint density at radius 2 is 1.90 bits per heavy atom. The number of anilines is 1. The van der Waals surface area contributed by atoms with Crippen LogP contribution >= 0.6 is 11.3 Å². The van der Waals surface area contributed by atoms with Crippen molar-refractivity contribution < 1.29 is 14.7 Å². The molecule has 2 N–H and O–H groups in total. The monoisotopic (exact) mass is 315 g/mol. The predicted molar refractivity (Wildman–Crippen MR) is 83.9 cm³/mol. The molecular weight excluding hydrogens is 302 g/mol. The fourth-order valence-corrected chi connectivity index (χ4v) is 2.11. The zero-order valence-electron chi connectivity index (χ0n) is 9.87. The molecule has 0 spiro atoms. The molecule has 1 heterocycles. The molecule has 0 saturated heterocycles. The molecule has 0 radical (unpaired) electrons. The van der Waals surface area contributed by atoms with E-state index in [1.165, 1.54) is 23.5 Å². The Bertz CT molecular complexity index is 623. The number of carboxylic acid groups (broad SMARTS) is 1. The van der Waals surface area contributed by atoms with Crippen LogP contribution in [0.1, 0.15) is 15.2 Å².